The maximum Gasteiger partial charge on any atom is 0.336 e. The number of aromatic nitrogens is 2. The maximum absolute atomic E-state index is 11.3. The molecule has 11 nitrogen and oxygen atoms in total. The van der Waals surface area contributed by atoms with Crippen molar-refractivity contribution in [2.75, 3.05) is 10.0 Å². The number of amides is 4. The highest BCUT2D eigenvalue weighted by Crippen LogP contribution is 2.33. The second kappa shape index (κ2) is 7.74. The van der Waals surface area contributed by atoms with Gasteiger partial charge in [0, 0.05) is 0 Å². The van der Waals surface area contributed by atoms with Crippen LogP contribution >= 0.6 is 15.9 Å². The molecule has 1 aromatic heterocycles. The molecule has 8 N–H and O–H groups in total. The van der Waals surface area contributed by atoms with Crippen LogP contribution in [-0.4, -0.2) is 22.0 Å². The number of rotatable bonds is 5. The first-order valence-electron chi connectivity index (χ1n) is 6.74. The molecule has 12 heteroatoms. The van der Waals surface area contributed by atoms with Gasteiger partial charge in [-0.15, -0.1) is 0 Å². The monoisotopic (exact) mass is 410 g/mol. The second-order valence-electron chi connectivity index (χ2n) is 4.66. The first kappa shape index (κ1) is 18.4. The van der Waals surface area contributed by atoms with E-state index in [9.17, 15) is 9.59 Å². The number of hydrazine groups is 2. The van der Waals surface area contributed by atoms with Gasteiger partial charge in [0.2, 0.25) is 5.88 Å². The van der Waals surface area contributed by atoms with Crippen molar-refractivity contribution in [1.82, 2.24) is 9.97 Å². The van der Waals surface area contributed by atoms with E-state index in [1.807, 2.05) is 30.3 Å². The predicted molar refractivity (Wildman–Crippen MR) is 93.0 cm³/mol. The van der Waals surface area contributed by atoms with Crippen LogP contribution in [0.15, 0.2) is 34.8 Å². The minimum absolute atomic E-state index is 0.0164. The van der Waals surface area contributed by atoms with Crippen molar-refractivity contribution in [3.8, 4) is 5.88 Å². The molecule has 4 amide bonds. The summed E-state index contributed by atoms with van der Waals surface area (Å²) in [4.78, 5) is 30.5. The van der Waals surface area contributed by atoms with E-state index in [0.29, 0.717) is 10.0 Å². The van der Waals surface area contributed by atoms with Crippen molar-refractivity contribution < 1.29 is 14.3 Å². The molecule has 1 heterocycles. The number of primary amides is 2. The quantitative estimate of drug-likeness (QED) is 0.311. The van der Waals surface area contributed by atoms with E-state index in [1.165, 1.54) is 0 Å². The van der Waals surface area contributed by atoms with Gasteiger partial charge in [-0.2, -0.15) is 15.0 Å². The third-order valence-electron chi connectivity index (χ3n) is 2.93. The topological polar surface area (TPSA) is 180 Å². The summed E-state index contributed by atoms with van der Waals surface area (Å²) in [7, 11) is 0. The smallest absolute Gasteiger partial charge is 0.336 e. The molecule has 2 aromatic rings. The number of carbonyl (C=O) groups excluding carboxylic acids is 2. The largest absolute Gasteiger partial charge is 0.472 e. The van der Waals surface area contributed by atoms with Gasteiger partial charge in [0.1, 0.15) is 11.1 Å². The highest BCUT2D eigenvalue weighted by molar-refractivity contribution is 9.10. The summed E-state index contributed by atoms with van der Waals surface area (Å²) in [6.07, 6.45) is 0. The predicted octanol–water partition coefficient (Wildman–Crippen LogP) is 0.336. The van der Waals surface area contributed by atoms with Gasteiger partial charge >= 0.3 is 12.1 Å². The first-order chi connectivity index (χ1) is 11.8. The van der Waals surface area contributed by atoms with E-state index < -0.39 is 12.1 Å². The third-order valence-corrected chi connectivity index (χ3v) is 3.62. The Morgan fingerprint density at radius 3 is 2.20 bits per heavy atom. The number of carbonyl (C=O) groups is 2. The normalized spacial score (nSPS) is 10.2. The Kier molecular flexibility index (Phi) is 5.69. The van der Waals surface area contributed by atoms with Crippen LogP contribution in [0.5, 0.6) is 5.88 Å². The van der Waals surface area contributed by atoms with Crippen molar-refractivity contribution >= 4 is 39.8 Å². The first-order valence-corrected chi connectivity index (χ1v) is 7.53. The Morgan fingerprint density at radius 2 is 1.64 bits per heavy atom. The number of ether oxygens (including phenoxy) is 1. The van der Waals surface area contributed by atoms with Crippen LogP contribution < -0.4 is 37.9 Å². The Hall–Kier alpha value is -2.96. The Bertz CT molecular complexity index is 788. The Labute approximate surface area is 150 Å². The molecular formula is C13H15BrN8O3. The molecule has 2 rings (SSSR count). The van der Waals surface area contributed by atoms with Gasteiger partial charge < -0.3 is 16.2 Å². The summed E-state index contributed by atoms with van der Waals surface area (Å²) in [6.45, 7) is 0.150. The lowest BCUT2D eigenvalue weighted by atomic mass is 10.2. The number of anilines is 2. The summed E-state index contributed by atoms with van der Waals surface area (Å²) in [5, 5.41) is 1.01. The summed E-state index contributed by atoms with van der Waals surface area (Å²) in [6, 6.07) is 7.20. The summed E-state index contributed by atoms with van der Waals surface area (Å²) in [5.41, 5.74) is 11.1. The number of halogens is 1. The fourth-order valence-electron chi connectivity index (χ4n) is 1.70. The molecule has 25 heavy (non-hydrogen) atoms. The number of urea groups is 2. The SMILES string of the molecule is NC(=O)N(N)c1nc(OCc2ccccc2)c(Br)c(N(N)C(N)=O)n1. The van der Waals surface area contributed by atoms with Gasteiger partial charge in [0.25, 0.3) is 5.95 Å². The van der Waals surface area contributed by atoms with Crippen LogP contribution in [0, 0.1) is 0 Å². The average molecular weight is 411 g/mol. The van der Waals surface area contributed by atoms with Gasteiger partial charge in [0.15, 0.2) is 5.82 Å². The van der Waals surface area contributed by atoms with Crippen LogP contribution in [0.1, 0.15) is 5.56 Å². The van der Waals surface area contributed by atoms with Crippen LogP contribution in [0.25, 0.3) is 0 Å². The molecule has 0 spiro atoms. The minimum atomic E-state index is -1.02. The zero-order chi connectivity index (χ0) is 18.6. The van der Waals surface area contributed by atoms with Crippen LogP contribution in [0.2, 0.25) is 0 Å². The van der Waals surface area contributed by atoms with Crippen molar-refractivity contribution in [3.05, 3.63) is 40.4 Å². The lowest BCUT2D eigenvalue weighted by Gasteiger charge is -2.19. The van der Waals surface area contributed by atoms with E-state index in [4.69, 9.17) is 27.9 Å². The van der Waals surface area contributed by atoms with Gasteiger partial charge in [-0.3, -0.25) is 0 Å². The lowest BCUT2D eigenvalue weighted by molar-refractivity contribution is 0.253. The van der Waals surface area contributed by atoms with E-state index in [1.54, 1.807) is 0 Å². The molecule has 0 aliphatic carbocycles. The van der Waals surface area contributed by atoms with E-state index in [0.717, 1.165) is 5.56 Å². The standard InChI is InChI=1S/C13H15BrN8O3/c14-8-9(21(17)11(15)23)19-13(22(18)12(16)24)20-10(8)25-6-7-4-2-1-3-5-7/h1-5H,6,17-18H2,(H2,15,23)(H2,16,24). The fraction of sp³-hybridized carbons (Fsp3) is 0.0769. The van der Waals surface area contributed by atoms with Gasteiger partial charge in [-0.25, -0.2) is 26.3 Å². The Balaban J connectivity index is 2.42. The Morgan fingerprint density at radius 1 is 1.04 bits per heavy atom. The van der Waals surface area contributed by atoms with Crippen molar-refractivity contribution in [1.29, 1.82) is 0 Å². The van der Waals surface area contributed by atoms with Crippen molar-refractivity contribution in [2.45, 2.75) is 6.61 Å². The molecule has 0 aliphatic rings. The highest BCUT2D eigenvalue weighted by Gasteiger charge is 2.23. The molecule has 0 bridgehead atoms. The highest BCUT2D eigenvalue weighted by atomic mass is 79.9. The molecule has 0 atom stereocenters. The molecule has 0 fully saturated rings. The zero-order valence-electron chi connectivity index (χ0n) is 12.8. The van der Waals surface area contributed by atoms with Crippen LogP contribution in [-0.2, 0) is 6.61 Å². The number of benzene rings is 1. The summed E-state index contributed by atoms with van der Waals surface area (Å²) < 4.78 is 5.74. The van der Waals surface area contributed by atoms with Gasteiger partial charge in [0.05, 0.1) is 0 Å². The fourth-order valence-corrected chi connectivity index (χ4v) is 2.18. The number of nitrogens with two attached hydrogens (primary N) is 4. The molecule has 0 saturated carbocycles. The average Bonchev–Trinajstić information content (AvgIpc) is 2.60. The minimum Gasteiger partial charge on any atom is -0.472 e. The number of nitrogens with zero attached hydrogens (tertiary/aromatic N) is 4. The summed E-state index contributed by atoms with van der Waals surface area (Å²) >= 11 is 3.19. The molecule has 0 aliphatic heterocycles. The van der Waals surface area contributed by atoms with Gasteiger partial charge in [-0.05, 0) is 21.5 Å². The third kappa shape index (κ3) is 4.32. The van der Waals surface area contributed by atoms with E-state index in [-0.39, 0.29) is 28.7 Å². The maximum atomic E-state index is 11.3. The molecule has 0 unspecified atom stereocenters. The molecule has 1 aromatic carbocycles. The zero-order valence-corrected chi connectivity index (χ0v) is 14.4. The van der Waals surface area contributed by atoms with Crippen molar-refractivity contribution in [2.24, 2.45) is 23.2 Å². The molecule has 0 radical (unpaired) electrons. The van der Waals surface area contributed by atoms with Crippen LogP contribution in [0.3, 0.4) is 0 Å². The molecule has 132 valence electrons. The summed E-state index contributed by atoms with van der Waals surface area (Å²) in [5.74, 6) is 10.6. The second-order valence-corrected chi connectivity index (χ2v) is 5.45. The van der Waals surface area contributed by atoms with Gasteiger partial charge in [-0.1, -0.05) is 30.3 Å². The van der Waals surface area contributed by atoms with E-state index in [2.05, 4.69) is 25.9 Å². The number of hydrogen-bond donors (Lipinski definition) is 4. The van der Waals surface area contributed by atoms with Crippen LogP contribution in [0.4, 0.5) is 21.4 Å². The number of hydrogen-bond acceptors (Lipinski definition) is 7. The van der Waals surface area contributed by atoms with E-state index >= 15 is 0 Å². The lowest BCUT2D eigenvalue weighted by Crippen LogP contribution is -2.45. The van der Waals surface area contributed by atoms with Crippen molar-refractivity contribution in [3.63, 3.8) is 0 Å². The molecule has 0 saturated heterocycles. The molecular weight excluding hydrogens is 396 g/mol.